The van der Waals surface area contributed by atoms with Crippen LogP contribution in [-0.2, 0) is 44.8 Å². The lowest BCUT2D eigenvalue weighted by atomic mass is 9.97. The number of anilines is 3. The number of halogens is 2. The molecule has 5 aromatic rings. The van der Waals surface area contributed by atoms with E-state index in [1.54, 1.807) is 60.0 Å². The number of aliphatic hydroxyl groups excluding tert-OH is 5. The SMILES string of the molecule is CC(=O)N[C@@H](CCCCN)C(=O)N[C@H](C(=O)N[C@@H](CCCNC(N)O)C(=O)Nc1ccc(COC(=O)N(C)CCN(C)C(=O)Oc2cc3c(c4c(C)csc24)[C@H](CCl)CN3C(=O)CCCC(=O)N2C[C@@H](CCl)c3c2cc(O[C@@H]2O[C@H](CO)[C@@H](O)[C@H](O)[C@H]2O)c2scc(C)c32)cc1)C(C)C. The van der Waals surface area contributed by atoms with Gasteiger partial charge in [-0.25, -0.2) is 9.59 Å². The van der Waals surface area contributed by atoms with E-state index >= 15 is 0 Å². The molecule has 542 valence electrons. The molecule has 11 atom stereocenters. The molecule has 1 unspecified atom stereocenters. The van der Waals surface area contributed by atoms with Crippen molar-refractivity contribution >= 4 is 131 Å². The first kappa shape index (κ1) is 77.7. The number of aliphatic hydroxyl groups is 5. The summed E-state index contributed by atoms with van der Waals surface area (Å²) in [5.74, 6) is -2.78. The standard InChI is InChI=1S/C67H91Cl2N11O17S2/c1-34(2)55(76-62(89)42(73-37(5)82)12-8-9-20-70)63(90)75-43(13-11-21-72-65(71)91)61(88)74-41-18-16-38(17-19-41)31-94-66(92)77(6)22-23-78(7)67(93)97-47-25-45-54(52-36(4)33-99-60(47)52)40(27-69)29-80(45)50(84)15-10-14-49(83)79-28-39(26-68)53-44(79)24-46(59-51(53)35(3)32-98-59)95-64-58(87)57(86)56(85)48(30-81)96-64/h16-19,24-25,32-34,39-40,42-43,48,55-58,64-65,72,81,85-87,91H,8-15,20-23,26-31,70-71H2,1-7H3,(H,73,82)(H,74,88)(H,75,90)(H,76,89)/t39-,40-,42+,43+,48-,55+,56-,57+,58-,64-,65?/m1/s1. The number of fused-ring (bicyclic) bond motifs is 6. The molecular formula is C67H91Cl2N11O17S2. The molecule has 0 bridgehead atoms. The molecule has 0 saturated carbocycles. The molecule has 1 fully saturated rings. The van der Waals surface area contributed by atoms with Crippen LogP contribution in [0.2, 0.25) is 0 Å². The third kappa shape index (κ3) is 18.9. The fraction of sp³-hybridized carbons (Fsp3) is 0.552. The summed E-state index contributed by atoms with van der Waals surface area (Å²) in [6.07, 6.45) is -8.26. The third-order valence-corrected chi connectivity index (χ3v) is 20.8. The van der Waals surface area contributed by atoms with Crippen LogP contribution in [0.3, 0.4) is 0 Å². The maximum atomic E-state index is 14.4. The zero-order chi connectivity index (χ0) is 72.1. The highest BCUT2D eigenvalue weighted by Crippen LogP contribution is 2.51. The molecule has 3 aromatic carbocycles. The Hall–Kier alpha value is -7.04. The van der Waals surface area contributed by atoms with Crippen molar-refractivity contribution in [2.75, 3.05) is 86.8 Å². The molecule has 3 aliphatic rings. The monoisotopic (exact) mass is 1460 g/mol. The Morgan fingerprint density at radius 1 is 0.727 bits per heavy atom. The molecule has 8 amide bonds. The molecule has 5 heterocycles. The molecule has 8 rings (SSSR count). The van der Waals surface area contributed by atoms with Crippen molar-refractivity contribution in [1.82, 2.24) is 31.1 Å². The van der Waals surface area contributed by atoms with Gasteiger partial charge in [0.2, 0.25) is 41.7 Å². The van der Waals surface area contributed by atoms with Crippen molar-refractivity contribution in [3.8, 4) is 11.5 Å². The Kier molecular flexibility index (Phi) is 27.9. The minimum absolute atomic E-state index is 0.0171. The van der Waals surface area contributed by atoms with Crippen molar-refractivity contribution in [2.45, 2.75) is 160 Å². The molecule has 32 heteroatoms. The van der Waals surface area contributed by atoms with Gasteiger partial charge in [0.1, 0.15) is 54.9 Å². The molecule has 14 N–H and O–H groups in total. The Morgan fingerprint density at radius 3 is 1.83 bits per heavy atom. The van der Waals surface area contributed by atoms with Crippen LogP contribution in [0.4, 0.5) is 26.7 Å². The average molecular weight is 1460 g/mol. The Bertz CT molecular complexity index is 3690. The van der Waals surface area contributed by atoms with Crippen molar-refractivity contribution in [3.63, 3.8) is 0 Å². The van der Waals surface area contributed by atoms with Crippen LogP contribution < -0.4 is 57.3 Å². The number of thiophene rings is 2. The zero-order valence-corrected chi connectivity index (χ0v) is 59.6. The van der Waals surface area contributed by atoms with Crippen LogP contribution in [-0.4, -0.2) is 210 Å². The average Bonchev–Trinajstić information content (AvgIpc) is 1.60. The smallest absolute Gasteiger partial charge is 0.415 e. The van der Waals surface area contributed by atoms with Crippen molar-refractivity contribution in [1.29, 1.82) is 0 Å². The quantitative estimate of drug-likeness (QED) is 0.0159. The van der Waals surface area contributed by atoms with E-state index in [0.717, 1.165) is 33.0 Å². The van der Waals surface area contributed by atoms with E-state index in [4.69, 9.17) is 53.6 Å². The van der Waals surface area contributed by atoms with E-state index in [9.17, 15) is 63.9 Å². The summed E-state index contributed by atoms with van der Waals surface area (Å²) in [5, 5.41) is 70.2. The van der Waals surface area contributed by atoms with Gasteiger partial charge >= 0.3 is 12.2 Å². The number of carbonyl (C=O) groups excluding carboxylic acids is 8. The number of hydrogen-bond donors (Lipinski definition) is 12. The lowest BCUT2D eigenvalue weighted by Gasteiger charge is -2.39. The van der Waals surface area contributed by atoms with Crippen LogP contribution in [0.5, 0.6) is 11.5 Å². The molecule has 3 aliphatic heterocycles. The summed E-state index contributed by atoms with van der Waals surface area (Å²) < 4.78 is 24.9. The number of unbranched alkanes of at least 4 members (excludes halogenated alkanes) is 1. The summed E-state index contributed by atoms with van der Waals surface area (Å²) >= 11 is 16.0. The lowest BCUT2D eigenvalue weighted by Crippen LogP contribution is -2.60. The van der Waals surface area contributed by atoms with Crippen molar-refractivity contribution < 1.29 is 82.8 Å². The summed E-state index contributed by atoms with van der Waals surface area (Å²) in [6, 6.07) is 6.73. The van der Waals surface area contributed by atoms with Crippen LogP contribution in [0.25, 0.3) is 20.2 Å². The number of amides is 8. The van der Waals surface area contributed by atoms with E-state index in [-0.39, 0.29) is 112 Å². The molecule has 0 spiro atoms. The fourth-order valence-corrected chi connectivity index (χ4v) is 14.9. The normalized spacial score (nSPS) is 20.0. The van der Waals surface area contributed by atoms with Crippen LogP contribution >= 0.6 is 45.9 Å². The number of benzene rings is 3. The van der Waals surface area contributed by atoms with E-state index in [2.05, 4.69) is 26.6 Å². The summed E-state index contributed by atoms with van der Waals surface area (Å²) in [6.45, 7) is 9.02. The van der Waals surface area contributed by atoms with E-state index in [0.29, 0.717) is 64.3 Å². The van der Waals surface area contributed by atoms with E-state index < -0.39 is 104 Å². The predicted molar refractivity (Wildman–Crippen MR) is 376 cm³/mol. The Balaban J connectivity index is 0.847. The van der Waals surface area contributed by atoms with Gasteiger partial charge in [0.15, 0.2) is 12.1 Å². The molecule has 28 nitrogen and oxygen atoms in total. The summed E-state index contributed by atoms with van der Waals surface area (Å²) in [5.41, 5.74) is 16.6. The number of aryl methyl sites for hydroxylation is 2. The number of nitrogens with zero attached hydrogens (tertiary/aromatic N) is 4. The highest BCUT2D eigenvalue weighted by Gasteiger charge is 2.46. The highest BCUT2D eigenvalue weighted by molar-refractivity contribution is 7.18. The zero-order valence-electron chi connectivity index (χ0n) is 56.4. The van der Waals surface area contributed by atoms with Crippen molar-refractivity contribution in [3.05, 3.63) is 75.0 Å². The Labute approximate surface area is 591 Å². The van der Waals surface area contributed by atoms with Crippen LogP contribution in [0.15, 0.2) is 47.2 Å². The van der Waals surface area contributed by atoms with Gasteiger partial charge in [0.05, 0.1) is 27.4 Å². The van der Waals surface area contributed by atoms with Gasteiger partial charge in [0, 0.05) is 112 Å². The van der Waals surface area contributed by atoms with Gasteiger partial charge in [-0.2, -0.15) is 0 Å². The summed E-state index contributed by atoms with van der Waals surface area (Å²) in [7, 11) is 3.03. The number of rotatable bonds is 32. The van der Waals surface area contributed by atoms with Gasteiger partial charge in [0.25, 0.3) is 0 Å². The number of hydrogen-bond acceptors (Lipinski definition) is 22. The molecule has 99 heavy (non-hydrogen) atoms. The number of carbonyl (C=O) groups is 8. The molecule has 0 radical (unpaired) electrons. The second-order valence-electron chi connectivity index (χ2n) is 25.6. The topological polar surface area (TPSA) is 400 Å². The largest absolute Gasteiger partial charge is 0.460 e. The van der Waals surface area contributed by atoms with Gasteiger partial charge < -0.3 is 91.1 Å². The Morgan fingerprint density at radius 2 is 1.28 bits per heavy atom. The van der Waals surface area contributed by atoms with Crippen molar-refractivity contribution in [2.24, 2.45) is 17.4 Å². The third-order valence-electron chi connectivity index (χ3n) is 17.8. The van der Waals surface area contributed by atoms with E-state index in [1.807, 2.05) is 24.6 Å². The molecule has 0 aliphatic carbocycles. The fourth-order valence-electron chi connectivity index (χ4n) is 12.3. The minimum Gasteiger partial charge on any atom is -0.460 e. The number of ether oxygens (including phenoxy) is 4. The van der Waals surface area contributed by atoms with Crippen LogP contribution in [0.1, 0.15) is 112 Å². The number of likely N-dealkylation sites (N-methyl/N-ethyl adjacent to an activating group) is 2. The molecule has 2 aromatic heterocycles. The number of nitrogens with two attached hydrogens (primary N) is 2. The first-order valence-corrected chi connectivity index (χ1v) is 35.8. The molecule has 1 saturated heterocycles. The van der Waals surface area contributed by atoms with Gasteiger partial charge in [-0.3, -0.25) is 39.8 Å². The maximum absolute atomic E-state index is 14.4. The first-order valence-electron chi connectivity index (χ1n) is 32.9. The second kappa shape index (κ2) is 35.5. The van der Waals surface area contributed by atoms with E-state index in [1.165, 1.54) is 53.5 Å². The van der Waals surface area contributed by atoms with Crippen LogP contribution in [0, 0.1) is 19.8 Å². The molecular weight excluding hydrogens is 1370 g/mol. The van der Waals surface area contributed by atoms with Gasteiger partial charge in [-0.15, -0.1) is 45.9 Å². The number of alkyl halides is 2. The lowest BCUT2D eigenvalue weighted by molar-refractivity contribution is -0.277. The summed E-state index contributed by atoms with van der Waals surface area (Å²) in [4.78, 5) is 115. The van der Waals surface area contributed by atoms with Gasteiger partial charge in [-0.1, -0.05) is 26.0 Å². The highest BCUT2D eigenvalue weighted by atomic mass is 35.5. The first-order chi connectivity index (χ1) is 47.2. The van der Waals surface area contributed by atoms with Gasteiger partial charge in [-0.05, 0) is 122 Å². The second-order valence-corrected chi connectivity index (χ2v) is 27.9. The predicted octanol–water partition coefficient (Wildman–Crippen LogP) is 4.62. The minimum atomic E-state index is -1.67. The number of nitrogens with one attached hydrogen (secondary N) is 5. The maximum Gasteiger partial charge on any atom is 0.415 e.